The number of likely N-dealkylation sites (N-methyl/N-ethyl adjacent to an activating group) is 1. The second-order valence-electron chi connectivity index (χ2n) is 6.20. The molecule has 1 saturated heterocycles. The number of halogens is 1. The third-order valence-electron chi connectivity index (χ3n) is 4.19. The first-order valence-electron chi connectivity index (χ1n) is 8.58. The van der Waals surface area contributed by atoms with Gasteiger partial charge in [0.1, 0.15) is 11.9 Å². The highest BCUT2D eigenvalue weighted by Gasteiger charge is 2.33. The predicted octanol–water partition coefficient (Wildman–Crippen LogP) is 3.15. The highest BCUT2D eigenvalue weighted by molar-refractivity contribution is 5.90. The maximum absolute atomic E-state index is 14.6. The van der Waals surface area contributed by atoms with E-state index in [1.165, 1.54) is 28.4 Å². The minimum Gasteiger partial charge on any atom is -0.442 e. The fourth-order valence-electron chi connectivity index (χ4n) is 2.87. The van der Waals surface area contributed by atoms with Gasteiger partial charge in [-0.05, 0) is 24.3 Å². The average Bonchev–Trinajstić information content (AvgIpc) is 3.06. The fraction of sp³-hybridized carbons (Fsp3) is 0.263. The van der Waals surface area contributed by atoms with E-state index in [0.29, 0.717) is 29.1 Å². The van der Waals surface area contributed by atoms with Gasteiger partial charge in [-0.25, -0.2) is 9.18 Å². The summed E-state index contributed by atoms with van der Waals surface area (Å²) in [6.07, 6.45) is 1.84. The molecular formula is C19H20FN5O3. The summed E-state index contributed by atoms with van der Waals surface area (Å²) in [6, 6.07) is 7.85. The maximum Gasteiger partial charge on any atom is 0.414 e. The van der Waals surface area contributed by atoms with Gasteiger partial charge in [0, 0.05) is 30.6 Å². The summed E-state index contributed by atoms with van der Waals surface area (Å²) in [5.74, 6) is -0.482. The lowest BCUT2D eigenvalue weighted by atomic mass is 10.1. The van der Waals surface area contributed by atoms with E-state index in [4.69, 9.17) is 9.84 Å². The minimum atomic E-state index is -0.542. The predicted molar refractivity (Wildman–Crippen MR) is 101 cm³/mol. The number of hydrogen-bond donors (Lipinski definition) is 1. The van der Waals surface area contributed by atoms with E-state index < -0.39 is 18.0 Å². The molecule has 1 atom stereocenters. The van der Waals surface area contributed by atoms with E-state index in [1.807, 2.05) is 0 Å². The monoisotopic (exact) mass is 385 g/mol. The lowest BCUT2D eigenvalue weighted by Gasteiger charge is -2.16. The van der Waals surface area contributed by atoms with Crippen molar-refractivity contribution in [2.24, 2.45) is 10.3 Å². The molecule has 146 valence electrons. The first-order chi connectivity index (χ1) is 13.5. The molecule has 1 amide bonds. The smallest absolute Gasteiger partial charge is 0.414 e. The van der Waals surface area contributed by atoms with Crippen LogP contribution in [0.4, 0.5) is 14.9 Å². The Morgan fingerprint density at radius 1 is 1.46 bits per heavy atom. The number of aliphatic hydroxyl groups excluding tert-OH is 1. The summed E-state index contributed by atoms with van der Waals surface area (Å²) < 4.78 is 20.0. The van der Waals surface area contributed by atoms with Crippen molar-refractivity contribution in [1.29, 1.82) is 0 Å². The molecule has 1 aliphatic rings. The summed E-state index contributed by atoms with van der Waals surface area (Å²) in [7, 11) is 1.70. The fourth-order valence-corrected chi connectivity index (χ4v) is 2.87. The molecule has 8 nitrogen and oxygen atoms in total. The van der Waals surface area contributed by atoms with Crippen molar-refractivity contribution >= 4 is 11.8 Å². The van der Waals surface area contributed by atoms with Gasteiger partial charge >= 0.3 is 6.09 Å². The van der Waals surface area contributed by atoms with Crippen molar-refractivity contribution in [3.63, 3.8) is 0 Å². The largest absolute Gasteiger partial charge is 0.442 e. The first kappa shape index (κ1) is 19.4. The number of carbonyl (C=O) groups excluding carboxylic acids is 1. The minimum absolute atomic E-state index is 0.176. The quantitative estimate of drug-likeness (QED) is 0.584. The molecule has 1 N–H and O–H groups in total. The van der Waals surface area contributed by atoms with Crippen molar-refractivity contribution in [2.45, 2.75) is 12.7 Å². The Labute approximate surface area is 161 Å². The number of aliphatic hydroxyl groups is 1. The summed E-state index contributed by atoms with van der Waals surface area (Å²) in [5, 5.41) is 18.1. The Bertz CT molecular complexity index is 888. The van der Waals surface area contributed by atoms with Crippen molar-refractivity contribution in [3.8, 4) is 11.1 Å². The molecule has 2 heterocycles. The molecule has 0 aliphatic carbocycles. The van der Waals surface area contributed by atoms with Crippen LogP contribution in [-0.2, 0) is 11.3 Å². The van der Waals surface area contributed by atoms with Crippen LogP contribution in [0.2, 0.25) is 0 Å². The average molecular weight is 385 g/mol. The van der Waals surface area contributed by atoms with Crippen LogP contribution in [-0.4, -0.2) is 47.4 Å². The third kappa shape index (κ3) is 4.32. The van der Waals surface area contributed by atoms with Gasteiger partial charge in [-0.2, -0.15) is 0 Å². The molecule has 0 spiro atoms. The molecule has 1 aromatic carbocycles. The number of anilines is 1. The van der Waals surface area contributed by atoms with Gasteiger partial charge in [0.15, 0.2) is 0 Å². The zero-order chi connectivity index (χ0) is 20.1. The van der Waals surface area contributed by atoms with Crippen LogP contribution >= 0.6 is 0 Å². The van der Waals surface area contributed by atoms with Crippen LogP contribution in [0.3, 0.4) is 0 Å². The van der Waals surface area contributed by atoms with Gasteiger partial charge in [0.25, 0.3) is 0 Å². The molecule has 1 fully saturated rings. The molecular weight excluding hydrogens is 365 g/mol. The molecule has 1 aromatic heterocycles. The standard InChI is InChI=1S/C19H20FN5O3/c1-3-22-23-24(2)10-16-11-25(19(27)28-16)15-6-7-17(18(20)8-15)13-4-5-14(12-26)21-9-13/h3-9,16,26H,1,10-12H2,2H3. The van der Waals surface area contributed by atoms with E-state index in [-0.39, 0.29) is 13.2 Å². The molecule has 3 rings (SSSR count). The number of hydrogen-bond acceptors (Lipinski definition) is 6. The van der Waals surface area contributed by atoms with Crippen LogP contribution in [0.1, 0.15) is 5.69 Å². The molecule has 0 radical (unpaired) electrons. The second kappa shape index (κ2) is 8.57. The van der Waals surface area contributed by atoms with Gasteiger partial charge in [0.05, 0.1) is 31.1 Å². The zero-order valence-corrected chi connectivity index (χ0v) is 15.3. The zero-order valence-electron chi connectivity index (χ0n) is 15.3. The highest BCUT2D eigenvalue weighted by atomic mass is 19.1. The van der Waals surface area contributed by atoms with Crippen LogP contribution < -0.4 is 4.90 Å². The van der Waals surface area contributed by atoms with Gasteiger partial charge in [-0.3, -0.25) is 14.9 Å². The Kier molecular flexibility index (Phi) is 5.95. The van der Waals surface area contributed by atoms with E-state index in [9.17, 15) is 9.18 Å². The van der Waals surface area contributed by atoms with E-state index >= 15 is 0 Å². The molecule has 2 aromatic rings. The van der Waals surface area contributed by atoms with Gasteiger partial charge in [-0.1, -0.05) is 17.9 Å². The topological polar surface area (TPSA) is 90.6 Å². The van der Waals surface area contributed by atoms with Crippen LogP contribution in [0.25, 0.3) is 11.1 Å². The van der Waals surface area contributed by atoms with Gasteiger partial charge in [0.2, 0.25) is 0 Å². The van der Waals surface area contributed by atoms with Crippen molar-refractivity contribution in [2.75, 3.05) is 25.0 Å². The lowest BCUT2D eigenvalue weighted by Crippen LogP contribution is -2.29. The van der Waals surface area contributed by atoms with E-state index in [2.05, 4.69) is 21.9 Å². The molecule has 0 bridgehead atoms. The number of amides is 1. The number of cyclic esters (lactones) is 1. The second-order valence-corrected chi connectivity index (χ2v) is 6.20. The Morgan fingerprint density at radius 3 is 2.93 bits per heavy atom. The van der Waals surface area contributed by atoms with Crippen molar-refractivity contribution in [1.82, 2.24) is 9.99 Å². The molecule has 9 heteroatoms. The molecule has 1 aliphatic heterocycles. The molecule has 0 saturated carbocycles. The Balaban J connectivity index is 1.73. The normalized spacial score (nSPS) is 16.5. The lowest BCUT2D eigenvalue weighted by molar-refractivity contribution is 0.116. The van der Waals surface area contributed by atoms with Gasteiger partial charge in [-0.15, -0.1) is 5.11 Å². The maximum atomic E-state index is 14.6. The number of aromatic nitrogens is 1. The number of rotatable bonds is 7. The first-order valence-corrected chi connectivity index (χ1v) is 8.58. The third-order valence-corrected chi connectivity index (χ3v) is 4.19. The number of ether oxygens (including phenoxy) is 1. The van der Waals surface area contributed by atoms with Crippen molar-refractivity contribution < 1.29 is 19.0 Å². The van der Waals surface area contributed by atoms with E-state index in [0.717, 1.165) is 0 Å². The summed E-state index contributed by atoms with van der Waals surface area (Å²) in [6.45, 7) is 3.89. The summed E-state index contributed by atoms with van der Waals surface area (Å²) in [5.41, 5.74) is 1.85. The van der Waals surface area contributed by atoms with Crippen LogP contribution in [0, 0.1) is 5.82 Å². The summed E-state index contributed by atoms with van der Waals surface area (Å²) >= 11 is 0. The SMILES string of the molecule is C=CN=NN(C)CC1CN(c2ccc(-c3ccc(CO)nc3)c(F)c2)C(=O)O1. The van der Waals surface area contributed by atoms with Crippen LogP contribution in [0.15, 0.2) is 59.6 Å². The highest BCUT2D eigenvalue weighted by Crippen LogP contribution is 2.29. The number of nitrogens with zero attached hydrogens (tertiary/aromatic N) is 5. The number of carbonyl (C=O) groups is 1. The van der Waals surface area contributed by atoms with Gasteiger partial charge < -0.3 is 9.84 Å². The van der Waals surface area contributed by atoms with Crippen LogP contribution in [0.5, 0.6) is 0 Å². The molecule has 1 unspecified atom stereocenters. The van der Waals surface area contributed by atoms with Crippen molar-refractivity contribution in [3.05, 3.63) is 60.8 Å². The Hall–Kier alpha value is -3.33. The number of pyridine rings is 1. The summed E-state index contributed by atoms with van der Waals surface area (Å²) in [4.78, 5) is 17.6. The Morgan fingerprint density at radius 2 is 2.29 bits per heavy atom. The number of benzene rings is 1. The molecule has 28 heavy (non-hydrogen) atoms. The van der Waals surface area contributed by atoms with E-state index in [1.54, 1.807) is 31.3 Å².